The first-order valence-corrected chi connectivity index (χ1v) is 22.6. The number of hydrogen-bond acceptors (Lipinski definition) is 1. The summed E-state index contributed by atoms with van der Waals surface area (Å²) in [6, 6.07) is 88.8. The fourth-order valence-corrected chi connectivity index (χ4v) is 10.4. The average Bonchev–Trinajstić information content (AvgIpc) is 3.83. The highest BCUT2D eigenvalue weighted by atomic mass is 15.1. The Morgan fingerprint density at radius 3 is 1.48 bits per heavy atom. The second kappa shape index (κ2) is 15.6. The van der Waals surface area contributed by atoms with Crippen LogP contribution >= 0.6 is 0 Å². The molecule has 0 N–H and O–H groups in total. The minimum absolute atomic E-state index is 0.114. The quantitative estimate of drug-likeness (QED) is 0.148. The molecule has 0 radical (unpaired) electrons. The maximum absolute atomic E-state index is 2.49. The molecule has 0 bridgehead atoms. The second-order valence-corrected chi connectivity index (χ2v) is 17.7. The first-order chi connectivity index (χ1) is 32.0. The zero-order valence-electron chi connectivity index (χ0n) is 36.5. The van der Waals surface area contributed by atoms with Crippen molar-refractivity contribution >= 4 is 38.9 Å². The van der Waals surface area contributed by atoms with E-state index in [0.29, 0.717) is 0 Å². The Balaban J connectivity index is 0.976. The summed E-state index contributed by atoms with van der Waals surface area (Å²) < 4.78 is 2.49. The van der Waals surface area contributed by atoms with Crippen LogP contribution in [0.2, 0.25) is 0 Å². The van der Waals surface area contributed by atoms with E-state index in [1.54, 1.807) is 0 Å². The number of rotatable bonds is 8. The van der Waals surface area contributed by atoms with Gasteiger partial charge in [-0.15, -0.1) is 0 Å². The zero-order valence-corrected chi connectivity index (χ0v) is 36.5. The number of aromatic nitrogens is 1. The number of benzene rings is 10. The van der Waals surface area contributed by atoms with Crippen LogP contribution in [0.1, 0.15) is 25.0 Å². The maximum atomic E-state index is 2.49. The van der Waals surface area contributed by atoms with Gasteiger partial charge in [-0.2, -0.15) is 0 Å². The van der Waals surface area contributed by atoms with E-state index >= 15 is 0 Å². The van der Waals surface area contributed by atoms with Crippen LogP contribution in [0.4, 0.5) is 17.1 Å². The van der Waals surface area contributed by atoms with Crippen molar-refractivity contribution in [1.29, 1.82) is 0 Å². The summed E-state index contributed by atoms with van der Waals surface area (Å²) in [4.78, 5) is 2.41. The molecule has 0 spiro atoms. The van der Waals surface area contributed by atoms with E-state index in [-0.39, 0.29) is 5.41 Å². The summed E-state index contributed by atoms with van der Waals surface area (Å²) in [5.41, 5.74) is 21.7. The van der Waals surface area contributed by atoms with Gasteiger partial charge < -0.3 is 9.47 Å². The molecule has 1 aromatic heterocycles. The van der Waals surface area contributed by atoms with Crippen LogP contribution in [-0.2, 0) is 5.41 Å². The van der Waals surface area contributed by atoms with Crippen molar-refractivity contribution < 1.29 is 0 Å². The lowest BCUT2D eigenvalue weighted by Crippen LogP contribution is -2.16. The molecule has 2 heteroatoms. The van der Waals surface area contributed by atoms with Crippen LogP contribution in [0.15, 0.2) is 243 Å². The number of fused-ring (bicyclic) bond motifs is 6. The van der Waals surface area contributed by atoms with Gasteiger partial charge in [0.1, 0.15) is 0 Å². The van der Waals surface area contributed by atoms with Crippen LogP contribution in [0.3, 0.4) is 0 Å². The van der Waals surface area contributed by atoms with Crippen molar-refractivity contribution in [3.8, 4) is 61.3 Å². The predicted octanol–water partition coefficient (Wildman–Crippen LogP) is 17.2. The largest absolute Gasteiger partial charge is 0.310 e. The monoisotopic (exact) mass is 830 g/mol. The Morgan fingerprint density at radius 2 is 0.785 bits per heavy atom. The van der Waals surface area contributed by atoms with Gasteiger partial charge in [0.15, 0.2) is 0 Å². The van der Waals surface area contributed by atoms with Crippen LogP contribution in [0.25, 0.3) is 83.1 Å². The standard InChI is InChI=1S/C63H46N2/c1-63(2)58-25-12-9-21-54(58)55-41-40-51(42-59(55)63)64(49-36-32-46(33-37-49)44-18-7-4-8-19-44)50-38-34-47(35-39-50)52-20-10-13-26-60(52)65-61-27-14-11-22-56(61)57-24-15-23-53(62(57)65)48-30-28-45(29-31-48)43-16-5-3-6-17-43/h3-42H,1-2H3. The lowest BCUT2D eigenvalue weighted by molar-refractivity contribution is 0.660. The highest BCUT2D eigenvalue weighted by Gasteiger charge is 2.35. The van der Waals surface area contributed by atoms with Crippen LogP contribution in [0, 0.1) is 0 Å². The lowest BCUT2D eigenvalue weighted by Gasteiger charge is -2.28. The molecule has 0 saturated heterocycles. The maximum Gasteiger partial charge on any atom is 0.0619 e. The van der Waals surface area contributed by atoms with Crippen LogP contribution in [-0.4, -0.2) is 4.57 Å². The van der Waals surface area contributed by atoms with Crippen molar-refractivity contribution in [2.24, 2.45) is 0 Å². The number of hydrogen-bond donors (Lipinski definition) is 0. The Labute approximate surface area is 381 Å². The first kappa shape index (κ1) is 38.5. The lowest BCUT2D eigenvalue weighted by atomic mass is 9.82. The zero-order chi connectivity index (χ0) is 43.5. The summed E-state index contributed by atoms with van der Waals surface area (Å²) in [7, 11) is 0. The molecule has 1 aliphatic rings. The summed E-state index contributed by atoms with van der Waals surface area (Å²) >= 11 is 0. The fraction of sp³-hybridized carbons (Fsp3) is 0.0476. The van der Waals surface area contributed by atoms with Crippen molar-refractivity contribution in [1.82, 2.24) is 4.57 Å². The van der Waals surface area contributed by atoms with E-state index in [4.69, 9.17) is 0 Å². The Bertz CT molecular complexity index is 3520. The van der Waals surface area contributed by atoms with Crippen molar-refractivity contribution in [2.75, 3.05) is 4.90 Å². The molecule has 1 heterocycles. The summed E-state index contributed by atoms with van der Waals surface area (Å²) in [6.45, 7) is 4.71. The minimum atomic E-state index is -0.114. The third kappa shape index (κ3) is 6.49. The molecule has 2 nitrogen and oxygen atoms in total. The van der Waals surface area contributed by atoms with Gasteiger partial charge in [-0.25, -0.2) is 0 Å². The molecular formula is C63H46N2. The average molecular weight is 831 g/mol. The van der Waals surface area contributed by atoms with Crippen LogP contribution < -0.4 is 4.90 Å². The highest BCUT2D eigenvalue weighted by molar-refractivity contribution is 6.14. The van der Waals surface area contributed by atoms with E-state index in [9.17, 15) is 0 Å². The summed E-state index contributed by atoms with van der Waals surface area (Å²) in [6.07, 6.45) is 0. The molecular weight excluding hydrogens is 785 g/mol. The van der Waals surface area contributed by atoms with Crippen molar-refractivity contribution in [3.05, 3.63) is 254 Å². The Kier molecular flexibility index (Phi) is 9.21. The number of para-hydroxylation sites is 3. The molecule has 0 amide bonds. The molecule has 0 aliphatic heterocycles. The normalized spacial score (nSPS) is 12.6. The second-order valence-electron chi connectivity index (χ2n) is 17.7. The van der Waals surface area contributed by atoms with Gasteiger partial charge in [0.05, 0.1) is 16.7 Å². The molecule has 65 heavy (non-hydrogen) atoms. The topological polar surface area (TPSA) is 8.17 Å². The third-order valence-electron chi connectivity index (χ3n) is 13.6. The predicted molar refractivity (Wildman–Crippen MR) is 275 cm³/mol. The van der Waals surface area contributed by atoms with E-state index < -0.39 is 0 Å². The molecule has 11 aromatic rings. The summed E-state index contributed by atoms with van der Waals surface area (Å²) in [5.74, 6) is 0. The van der Waals surface area contributed by atoms with E-state index in [1.165, 1.54) is 83.0 Å². The fourth-order valence-electron chi connectivity index (χ4n) is 10.4. The van der Waals surface area contributed by atoms with E-state index in [1.807, 2.05) is 0 Å². The van der Waals surface area contributed by atoms with E-state index in [0.717, 1.165) is 28.3 Å². The van der Waals surface area contributed by atoms with Crippen LogP contribution in [0.5, 0.6) is 0 Å². The van der Waals surface area contributed by atoms with Gasteiger partial charge in [0, 0.05) is 44.4 Å². The SMILES string of the molecule is CC1(C)c2ccccc2-c2ccc(N(c3ccc(-c4ccccc4)cc3)c3ccc(-c4ccccc4-n4c5ccccc5c5cccc(-c6ccc(-c7ccccc7)cc6)c54)cc3)cc21. The smallest absolute Gasteiger partial charge is 0.0619 e. The summed E-state index contributed by atoms with van der Waals surface area (Å²) in [5, 5.41) is 2.48. The van der Waals surface area contributed by atoms with Crippen molar-refractivity contribution in [3.63, 3.8) is 0 Å². The molecule has 1 aliphatic carbocycles. The van der Waals surface area contributed by atoms with Gasteiger partial charge in [-0.1, -0.05) is 208 Å². The van der Waals surface area contributed by atoms with Gasteiger partial charge in [-0.05, 0) is 104 Å². The van der Waals surface area contributed by atoms with Crippen molar-refractivity contribution in [2.45, 2.75) is 19.3 Å². The molecule has 0 unspecified atom stereocenters. The Hall–Kier alpha value is -8.20. The third-order valence-corrected chi connectivity index (χ3v) is 13.6. The molecule has 10 aromatic carbocycles. The molecule has 0 fully saturated rings. The van der Waals surface area contributed by atoms with Gasteiger partial charge >= 0.3 is 0 Å². The van der Waals surface area contributed by atoms with Gasteiger partial charge in [-0.3, -0.25) is 0 Å². The number of anilines is 3. The van der Waals surface area contributed by atoms with E-state index in [2.05, 4.69) is 266 Å². The molecule has 12 rings (SSSR count). The molecule has 0 atom stereocenters. The first-order valence-electron chi connectivity index (χ1n) is 22.6. The van der Waals surface area contributed by atoms with Gasteiger partial charge in [0.2, 0.25) is 0 Å². The van der Waals surface area contributed by atoms with Gasteiger partial charge in [0.25, 0.3) is 0 Å². The Morgan fingerprint density at radius 1 is 0.323 bits per heavy atom. The molecule has 308 valence electrons. The highest BCUT2D eigenvalue weighted by Crippen LogP contribution is 2.51. The minimum Gasteiger partial charge on any atom is -0.310 e. The number of nitrogens with zero attached hydrogens (tertiary/aromatic N) is 2. The molecule has 0 saturated carbocycles.